The smallest absolute Gasteiger partial charge is 0.311 e. The molecule has 1 aliphatic rings. The quantitative estimate of drug-likeness (QED) is 0.656. The number of nitrogens with two attached hydrogens (primary N) is 1. The maximum absolute atomic E-state index is 11.1. The zero-order valence-corrected chi connectivity index (χ0v) is 13.1. The number of nitrogen functional groups attached to an aromatic ring is 1. The van der Waals surface area contributed by atoms with Crippen LogP contribution in [0, 0.1) is 20.9 Å². The molecule has 0 spiro atoms. The van der Waals surface area contributed by atoms with E-state index in [0.29, 0.717) is 0 Å². The van der Waals surface area contributed by atoms with E-state index >= 15 is 0 Å². The topological polar surface area (TPSA) is 94.1 Å². The van der Waals surface area contributed by atoms with Crippen LogP contribution in [0.5, 0.6) is 0 Å². The first kappa shape index (κ1) is 15.5. The third-order valence-electron chi connectivity index (χ3n) is 3.99. The molecule has 21 heavy (non-hydrogen) atoms. The molecule has 116 valence electrons. The van der Waals surface area contributed by atoms with E-state index in [9.17, 15) is 10.1 Å². The predicted molar refractivity (Wildman–Crippen MR) is 84.1 cm³/mol. The van der Waals surface area contributed by atoms with Crippen LogP contribution in [0.4, 0.5) is 17.3 Å². The first-order valence-electron chi connectivity index (χ1n) is 7.25. The van der Waals surface area contributed by atoms with Crippen molar-refractivity contribution in [2.45, 2.75) is 53.0 Å². The van der Waals surface area contributed by atoms with Crippen molar-refractivity contribution in [1.82, 2.24) is 4.98 Å². The van der Waals surface area contributed by atoms with Crippen LogP contribution in [0.2, 0.25) is 0 Å². The van der Waals surface area contributed by atoms with Crippen molar-refractivity contribution in [2.75, 3.05) is 11.1 Å². The summed E-state index contributed by atoms with van der Waals surface area (Å²) < 4.78 is 0. The predicted octanol–water partition coefficient (Wildman–Crippen LogP) is 3.59. The molecule has 0 amide bonds. The van der Waals surface area contributed by atoms with Gasteiger partial charge in [0.15, 0.2) is 0 Å². The van der Waals surface area contributed by atoms with Gasteiger partial charge in [-0.3, -0.25) is 10.1 Å². The fourth-order valence-corrected chi connectivity index (χ4v) is 3.86. The number of pyridine rings is 1. The number of anilines is 2. The largest absolute Gasteiger partial charge is 0.384 e. The normalized spacial score (nSPS) is 21.0. The Hall–Kier alpha value is -1.85. The van der Waals surface area contributed by atoms with Crippen LogP contribution in [0.1, 0.15) is 47.0 Å². The number of aromatic nitrogens is 1. The molecular formula is C15H24N4O2. The number of rotatable bonds is 3. The van der Waals surface area contributed by atoms with Gasteiger partial charge in [-0.2, -0.15) is 0 Å². The number of nitrogens with zero attached hydrogens (tertiary/aromatic N) is 2. The molecule has 0 atom stereocenters. The molecule has 3 N–H and O–H groups in total. The van der Waals surface area contributed by atoms with E-state index in [2.05, 4.69) is 38.0 Å². The lowest BCUT2D eigenvalue weighted by atomic mass is 9.63. The zero-order valence-electron chi connectivity index (χ0n) is 13.1. The minimum absolute atomic E-state index is 0.0228. The highest BCUT2D eigenvalue weighted by atomic mass is 16.6. The third-order valence-corrected chi connectivity index (χ3v) is 3.99. The maximum atomic E-state index is 11.1. The van der Waals surface area contributed by atoms with E-state index in [1.54, 1.807) is 0 Å². The van der Waals surface area contributed by atoms with E-state index < -0.39 is 4.92 Å². The highest BCUT2D eigenvalue weighted by Gasteiger charge is 2.39. The van der Waals surface area contributed by atoms with Gasteiger partial charge in [0.2, 0.25) is 5.82 Å². The van der Waals surface area contributed by atoms with Crippen molar-refractivity contribution >= 4 is 17.3 Å². The molecule has 2 rings (SSSR count). The lowest BCUT2D eigenvalue weighted by Crippen LogP contribution is -2.40. The van der Waals surface area contributed by atoms with Gasteiger partial charge in [-0.15, -0.1) is 0 Å². The van der Waals surface area contributed by atoms with Crippen molar-refractivity contribution in [3.63, 3.8) is 0 Å². The summed E-state index contributed by atoms with van der Waals surface area (Å²) in [5.74, 6) is 0.566. The molecule has 1 aromatic heterocycles. The lowest BCUT2D eigenvalue weighted by Gasteiger charge is -2.45. The van der Waals surface area contributed by atoms with Crippen LogP contribution in [0.25, 0.3) is 0 Å². The number of hydrogen-bond acceptors (Lipinski definition) is 5. The second kappa shape index (κ2) is 5.16. The molecule has 0 aromatic carbocycles. The summed E-state index contributed by atoms with van der Waals surface area (Å²) in [4.78, 5) is 14.8. The second-order valence-corrected chi connectivity index (χ2v) is 7.62. The average molecular weight is 292 g/mol. The fourth-order valence-electron chi connectivity index (χ4n) is 3.86. The van der Waals surface area contributed by atoms with Crippen LogP contribution in [-0.4, -0.2) is 15.9 Å². The highest BCUT2D eigenvalue weighted by molar-refractivity contribution is 5.59. The molecule has 1 heterocycles. The van der Waals surface area contributed by atoms with Gasteiger partial charge in [-0.1, -0.05) is 27.7 Å². The van der Waals surface area contributed by atoms with Gasteiger partial charge in [-0.25, -0.2) is 4.98 Å². The molecule has 6 nitrogen and oxygen atoms in total. The van der Waals surface area contributed by atoms with Gasteiger partial charge >= 0.3 is 5.69 Å². The van der Waals surface area contributed by atoms with Gasteiger partial charge < -0.3 is 11.1 Å². The Morgan fingerprint density at radius 2 is 1.86 bits per heavy atom. The molecule has 0 saturated heterocycles. The van der Waals surface area contributed by atoms with E-state index in [4.69, 9.17) is 5.73 Å². The Bertz CT molecular complexity index is 539. The third kappa shape index (κ3) is 3.83. The number of nitrogens with one attached hydrogen (secondary N) is 1. The monoisotopic (exact) mass is 292 g/mol. The van der Waals surface area contributed by atoms with Gasteiger partial charge in [0.1, 0.15) is 5.82 Å². The van der Waals surface area contributed by atoms with Gasteiger partial charge in [-0.05, 0) is 36.2 Å². The molecule has 0 aliphatic heterocycles. The molecule has 6 heteroatoms. The van der Waals surface area contributed by atoms with Crippen molar-refractivity contribution in [3.8, 4) is 0 Å². The summed E-state index contributed by atoms with van der Waals surface area (Å²) in [5, 5.41) is 14.4. The summed E-state index contributed by atoms with van der Waals surface area (Å²) >= 11 is 0. The Morgan fingerprint density at radius 3 is 2.38 bits per heavy atom. The Balaban J connectivity index is 2.25. The molecular weight excluding hydrogens is 268 g/mol. The fraction of sp³-hybridized carbons (Fsp3) is 0.667. The first-order chi connectivity index (χ1) is 9.58. The maximum Gasteiger partial charge on any atom is 0.311 e. The van der Waals surface area contributed by atoms with Crippen LogP contribution in [0.15, 0.2) is 12.1 Å². The number of hydrogen-bond donors (Lipinski definition) is 2. The minimum atomic E-state index is -0.423. The SMILES string of the molecule is CC1(C)CC(Nc2nc(N)ccc2[N+](=O)[O-])CC(C)(C)C1. The highest BCUT2D eigenvalue weighted by Crippen LogP contribution is 2.46. The second-order valence-electron chi connectivity index (χ2n) is 7.62. The van der Waals surface area contributed by atoms with Crippen LogP contribution in [0.3, 0.4) is 0 Å². The zero-order chi connectivity index (χ0) is 15.8. The summed E-state index contributed by atoms with van der Waals surface area (Å²) in [6, 6.07) is 3.03. The summed E-state index contributed by atoms with van der Waals surface area (Å²) in [6.07, 6.45) is 3.07. The molecule has 0 unspecified atom stereocenters. The Kier molecular flexibility index (Phi) is 3.82. The molecule has 1 fully saturated rings. The standard InChI is InChI=1S/C15H24N4O2/c1-14(2)7-10(8-15(3,4)9-14)17-13-11(19(20)21)5-6-12(16)18-13/h5-6,10H,7-9H2,1-4H3,(H3,16,17,18). The van der Waals surface area contributed by atoms with E-state index in [-0.39, 0.29) is 34.2 Å². The van der Waals surface area contributed by atoms with Crippen molar-refractivity contribution in [1.29, 1.82) is 0 Å². The van der Waals surface area contributed by atoms with Gasteiger partial charge in [0.05, 0.1) is 4.92 Å². The molecule has 0 bridgehead atoms. The Labute approximate surface area is 125 Å². The summed E-state index contributed by atoms with van der Waals surface area (Å²) in [7, 11) is 0. The van der Waals surface area contributed by atoms with Crippen LogP contribution >= 0.6 is 0 Å². The summed E-state index contributed by atoms with van der Waals surface area (Å²) in [6.45, 7) is 8.96. The lowest BCUT2D eigenvalue weighted by molar-refractivity contribution is -0.384. The molecule has 1 aromatic rings. The first-order valence-corrected chi connectivity index (χ1v) is 7.25. The van der Waals surface area contributed by atoms with Crippen molar-refractivity contribution in [2.24, 2.45) is 10.8 Å². The number of nitro groups is 1. The minimum Gasteiger partial charge on any atom is -0.384 e. The average Bonchev–Trinajstić information content (AvgIpc) is 2.23. The van der Waals surface area contributed by atoms with E-state index in [1.807, 2.05) is 0 Å². The van der Waals surface area contributed by atoms with E-state index in [0.717, 1.165) is 19.3 Å². The summed E-state index contributed by atoms with van der Waals surface area (Å²) in [5.41, 5.74) is 6.05. The van der Waals surface area contributed by atoms with Gasteiger partial charge in [0.25, 0.3) is 0 Å². The Morgan fingerprint density at radius 1 is 1.29 bits per heavy atom. The molecule has 0 radical (unpaired) electrons. The van der Waals surface area contributed by atoms with E-state index in [1.165, 1.54) is 12.1 Å². The van der Waals surface area contributed by atoms with Gasteiger partial charge in [0, 0.05) is 12.1 Å². The van der Waals surface area contributed by atoms with Crippen LogP contribution in [-0.2, 0) is 0 Å². The van der Waals surface area contributed by atoms with Crippen molar-refractivity contribution < 1.29 is 4.92 Å². The molecule has 1 aliphatic carbocycles. The van der Waals surface area contributed by atoms with Crippen LogP contribution < -0.4 is 11.1 Å². The van der Waals surface area contributed by atoms with Crippen molar-refractivity contribution in [3.05, 3.63) is 22.2 Å². The molecule has 1 saturated carbocycles.